The summed E-state index contributed by atoms with van der Waals surface area (Å²) >= 11 is 0. The van der Waals surface area contributed by atoms with E-state index in [-0.39, 0.29) is 5.54 Å². The maximum Gasteiger partial charge on any atom is 0.267 e. The summed E-state index contributed by atoms with van der Waals surface area (Å²) < 4.78 is 30.9. The molecular formula is C18H39NO3S. The lowest BCUT2D eigenvalue weighted by atomic mass is 9.95. The Morgan fingerprint density at radius 1 is 0.957 bits per heavy atom. The molecule has 5 heteroatoms. The van der Waals surface area contributed by atoms with Crippen LogP contribution in [0.15, 0.2) is 0 Å². The van der Waals surface area contributed by atoms with Crippen LogP contribution in [-0.2, 0) is 10.1 Å². The van der Waals surface area contributed by atoms with E-state index >= 15 is 0 Å². The van der Waals surface area contributed by atoms with Gasteiger partial charge in [-0.05, 0) is 40.2 Å². The van der Waals surface area contributed by atoms with E-state index in [0.717, 1.165) is 6.42 Å². The van der Waals surface area contributed by atoms with Crippen LogP contribution in [0.2, 0.25) is 0 Å². The Kier molecular flexibility index (Phi) is 12.2. The van der Waals surface area contributed by atoms with E-state index < -0.39 is 15.4 Å². The van der Waals surface area contributed by atoms with Crippen molar-refractivity contribution in [3.63, 3.8) is 0 Å². The molecule has 0 bridgehead atoms. The molecule has 0 heterocycles. The molecule has 0 fully saturated rings. The average Bonchev–Trinajstić information content (AvgIpc) is 2.44. The van der Waals surface area contributed by atoms with Gasteiger partial charge in [-0.15, -0.1) is 0 Å². The number of rotatable bonds is 15. The molecule has 0 aliphatic heterocycles. The van der Waals surface area contributed by atoms with Crippen LogP contribution in [0, 0.1) is 0 Å². The van der Waals surface area contributed by atoms with Gasteiger partial charge in [-0.3, -0.25) is 4.55 Å². The second-order valence-electron chi connectivity index (χ2n) is 7.50. The predicted octanol–water partition coefficient (Wildman–Crippen LogP) is 4.94. The van der Waals surface area contributed by atoms with Gasteiger partial charge in [-0.25, -0.2) is 0 Å². The summed E-state index contributed by atoms with van der Waals surface area (Å²) in [6.45, 7) is 8.74. The highest BCUT2D eigenvalue weighted by Crippen LogP contribution is 2.16. The lowest BCUT2D eigenvalue weighted by molar-refractivity contribution is 0.343. The van der Waals surface area contributed by atoms with E-state index in [1.54, 1.807) is 6.92 Å². The lowest BCUT2D eigenvalue weighted by Crippen LogP contribution is -2.41. The van der Waals surface area contributed by atoms with Crippen LogP contribution >= 0.6 is 0 Å². The van der Waals surface area contributed by atoms with Crippen LogP contribution < -0.4 is 5.32 Å². The standard InChI is InChI=1S/C18H39NO3S/c1-5-6-7-8-9-10-11-12-13-15-18(3,4)19-16-14-17(2)23(20,21)22/h17,19H,5-16H2,1-4H3,(H,20,21,22). The Labute approximate surface area is 144 Å². The van der Waals surface area contributed by atoms with E-state index in [1.807, 2.05) is 0 Å². The smallest absolute Gasteiger partial charge is 0.267 e. The molecule has 0 aromatic carbocycles. The van der Waals surface area contributed by atoms with Crippen LogP contribution in [0.3, 0.4) is 0 Å². The number of unbranched alkanes of at least 4 members (excludes halogenated alkanes) is 8. The maximum absolute atomic E-state index is 11.0. The summed E-state index contributed by atoms with van der Waals surface area (Å²) in [6, 6.07) is 0. The Hall–Kier alpha value is -0.130. The van der Waals surface area contributed by atoms with E-state index in [2.05, 4.69) is 26.1 Å². The molecule has 0 aromatic rings. The third kappa shape index (κ3) is 14.0. The van der Waals surface area contributed by atoms with Gasteiger partial charge in [0.2, 0.25) is 0 Å². The first kappa shape index (κ1) is 22.9. The SMILES string of the molecule is CCCCCCCCCCCC(C)(C)NCCC(C)S(=O)(=O)O. The fourth-order valence-electron chi connectivity index (χ4n) is 2.73. The van der Waals surface area contributed by atoms with Crippen LogP contribution in [0.1, 0.15) is 98.3 Å². The van der Waals surface area contributed by atoms with Crippen LogP contribution in [-0.4, -0.2) is 30.3 Å². The molecule has 0 saturated carbocycles. The molecule has 4 nitrogen and oxygen atoms in total. The summed E-state index contributed by atoms with van der Waals surface area (Å²) in [5.41, 5.74) is 0.0278. The second kappa shape index (κ2) is 12.3. The first-order valence-electron chi connectivity index (χ1n) is 9.40. The molecule has 0 aliphatic carbocycles. The number of hydrogen-bond acceptors (Lipinski definition) is 3. The van der Waals surface area contributed by atoms with Crippen LogP contribution in [0.25, 0.3) is 0 Å². The molecular weight excluding hydrogens is 310 g/mol. The van der Waals surface area contributed by atoms with Gasteiger partial charge < -0.3 is 5.32 Å². The predicted molar refractivity (Wildman–Crippen MR) is 99.6 cm³/mol. The molecule has 0 saturated heterocycles. The van der Waals surface area contributed by atoms with E-state index in [0.29, 0.717) is 13.0 Å². The summed E-state index contributed by atoms with van der Waals surface area (Å²) in [6.07, 6.45) is 13.5. The van der Waals surface area contributed by atoms with Gasteiger partial charge in [0, 0.05) is 5.54 Å². The van der Waals surface area contributed by atoms with Gasteiger partial charge in [-0.1, -0.05) is 64.7 Å². The quantitative estimate of drug-likeness (QED) is 0.324. The summed E-state index contributed by atoms with van der Waals surface area (Å²) in [4.78, 5) is 0. The van der Waals surface area contributed by atoms with Crippen molar-refractivity contribution in [3.8, 4) is 0 Å². The first-order valence-corrected chi connectivity index (χ1v) is 10.9. The Bertz CT molecular complexity index is 380. The zero-order valence-corrected chi connectivity index (χ0v) is 16.6. The first-order chi connectivity index (χ1) is 10.7. The van der Waals surface area contributed by atoms with Crippen LogP contribution in [0.5, 0.6) is 0 Å². The molecule has 0 aromatic heterocycles. The molecule has 2 N–H and O–H groups in total. The summed E-state index contributed by atoms with van der Waals surface area (Å²) in [7, 11) is -3.90. The van der Waals surface area contributed by atoms with Crippen molar-refractivity contribution in [2.45, 2.75) is 109 Å². The van der Waals surface area contributed by atoms with Crippen molar-refractivity contribution in [1.29, 1.82) is 0 Å². The molecule has 0 aliphatic rings. The van der Waals surface area contributed by atoms with Gasteiger partial charge in [0.05, 0.1) is 5.25 Å². The molecule has 0 spiro atoms. The minimum absolute atomic E-state index is 0.0278. The number of nitrogens with one attached hydrogen (secondary N) is 1. The van der Waals surface area contributed by atoms with Crippen molar-refractivity contribution in [3.05, 3.63) is 0 Å². The largest absolute Gasteiger partial charge is 0.312 e. The van der Waals surface area contributed by atoms with E-state index in [9.17, 15) is 8.42 Å². The fourth-order valence-corrected chi connectivity index (χ4v) is 3.14. The van der Waals surface area contributed by atoms with Crippen molar-refractivity contribution in [2.24, 2.45) is 0 Å². The molecule has 0 amide bonds. The summed E-state index contributed by atoms with van der Waals surface area (Å²) in [5, 5.41) is 2.72. The Morgan fingerprint density at radius 3 is 1.91 bits per heavy atom. The van der Waals surface area contributed by atoms with Gasteiger partial charge in [0.1, 0.15) is 0 Å². The maximum atomic E-state index is 11.0. The van der Waals surface area contributed by atoms with Crippen molar-refractivity contribution < 1.29 is 13.0 Å². The topological polar surface area (TPSA) is 66.4 Å². The average molecular weight is 350 g/mol. The highest BCUT2D eigenvalue weighted by Gasteiger charge is 2.20. The Morgan fingerprint density at radius 2 is 1.43 bits per heavy atom. The molecule has 23 heavy (non-hydrogen) atoms. The van der Waals surface area contributed by atoms with E-state index in [1.165, 1.54) is 57.8 Å². The molecule has 1 atom stereocenters. The zero-order valence-electron chi connectivity index (χ0n) is 15.7. The van der Waals surface area contributed by atoms with Gasteiger partial charge in [0.15, 0.2) is 0 Å². The monoisotopic (exact) mass is 349 g/mol. The normalized spacial score (nSPS) is 14.1. The van der Waals surface area contributed by atoms with Crippen molar-refractivity contribution in [2.75, 3.05) is 6.54 Å². The minimum atomic E-state index is -3.90. The highest BCUT2D eigenvalue weighted by atomic mass is 32.2. The number of hydrogen-bond donors (Lipinski definition) is 2. The van der Waals surface area contributed by atoms with Crippen molar-refractivity contribution >= 4 is 10.1 Å². The molecule has 0 rings (SSSR count). The van der Waals surface area contributed by atoms with Gasteiger partial charge in [0.25, 0.3) is 10.1 Å². The zero-order chi connectivity index (χ0) is 17.8. The molecule has 140 valence electrons. The fraction of sp³-hybridized carbons (Fsp3) is 1.00. The third-order valence-electron chi connectivity index (χ3n) is 4.57. The van der Waals surface area contributed by atoms with Gasteiger partial charge in [-0.2, -0.15) is 8.42 Å². The van der Waals surface area contributed by atoms with Crippen LogP contribution in [0.4, 0.5) is 0 Å². The molecule has 0 radical (unpaired) electrons. The lowest BCUT2D eigenvalue weighted by Gasteiger charge is -2.27. The third-order valence-corrected chi connectivity index (χ3v) is 5.82. The second-order valence-corrected chi connectivity index (χ2v) is 9.34. The Balaban J connectivity index is 3.61. The van der Waals surface area contributed by atoms with E-state index in [4.69, 9.17) is 4.55 Å². The van der Waals surface area contributed by atoms with Gasteiger partial charge >= 0.3 is 0 Å². The van der Waals surface area contributed by atoms with Crippen molar-refractivity contribution in [1.82, 2.24) is 5.32 Å². The minimum Gasteiger partial charge on any atom is -0.312 e. The molecule has 1 unspecified atom stereocenters. The summed E-state index contributed by atoms with van der Waals surface area (Å²) in [5.74, 6) is 0. The highest BCUT2D eigenvalue weighted by molar-refractivity contribution is 7.86.